The van der Waals surface area contributed by atoms with E-state index in [1.54, 1.807) is 18.9 Å². The lowest BCUT2D eigenvalue weighted by atomic mass is 10.1. The summed E-state index contributed by atoms with van der Waals surface area (Å²) in [6, 6.07) is 15.8. The van der Waals surface area contributed by atoms with Gasteiger partial charge in [-0.2, -0.15) is 4.98 Å². The van der Waals surface area contributed by atoms with Gasteiger partial charge in [-0.25, -0.2) is 0 Å². The predicted octanol–water partition coefficient (Wildman–Crippen LogP) is 5.28. The van der Waals surface area contributed by atoms with Crippen LogP contribution in [-0.2, 0) is 0 Å². The zero-order valence-corrected chi connectivity index (χ0v) is 17.9. The highest BCUT2D eigenvalue weighted by Crippen LogP contribution is 2.36. The van der Waals surface area contributed by atoms with Crippen LogP contribution in [0.1, 0.15) is 25.3 Å². The van der Waals surface area contributed by atoms with Crippen LogP contribution in [0.15, 0.2) is 59.8 Å². The fourth-order valence-electron chi connectivity index (χ4n) is 3.04. The quantitative estimate of drug-likeness (QED) is 0.412. The van der Waals surface area contributed by atoms with Crippen molar-refractivity contribution in [2.45, 2.75) is 31.1 Å². The maximum atomic E-state index is 6.20. The minimum Gasteiger partial charge on any atom is -0.497 e. The summed E-state index contributed by atoms with van der Waals surface area (Å²) < 4.78 is 11.4. The third-order valence-corrected chi connectivity index (χ3v) is 5.59. The first-order valence-electron chi connectivity index (χ1n) is 9.99. The molecule has 2 aromatic carbocycles. The molecule has 0 aliphatic carbocycles. The molecule has 0 bridgehead atoms. The number of thioether (sulfide) groups is 1. The Labute approximate surface area is 180 Å². The molecule has 1 N–H and O–H groups in total. The van der Waals surface area contributed by atoms with E-state index < -0.39 is 0 Å². The molecule has 0 fully saturated rings. The molecule has 154 valence electrons. The Hall–Kier alpha value is -3.06. The Balaban J connectivity index is 1.61. The van der Waals surface area contributed by atoms with Crippen molar-refractivity contribution in [3.8, 4) is 22.9 Å². The minimum absolute atomic E-state index is 0.389. The second-order valence-electron chi connectivity index (χ2n) is 6.81. The van der Waals surface area contributed by atoms with Crippen molar-refractivity contribution in [1.82, 2.24) is 15.2 Å². The number of rotatable bonds is 7. The van der Waals surface area contributed by atoms with Crippen LogP contribution >= 0.6 is 11.8 Å². The lowest BCUT2D eigenvalue weighted by molar-refractivity contribution is 0.266. The molecule has 0 spiro atoms. The van der Waals surface area contributed by atoms with E-state index in [1.807, 2.05) is 60.7 Å². The number of ether oxygens (including phenoxy) is 2. The van der Waals surface area contributed by atoms with Crippen molar-refractivity contribution in [1.29, 1.82) is 0 Å². The van der Waals surface area contributed by atoms with Gasteiger partial charge < -0.3 is 14.8 Å². The Morgan fingerprint density at radius 1 is 1.13 bits per heavy atom. The molecular formula is C23H24N4O2S. The molecule has 1 aliphatic heterocycles. The number of methoxy groups -OCH3 is 1. The maximum Gasteiger partial charge on any atom is 0.247 e. The van der Waals surface area contributed by atoms with E-state index in [0.717, 1.165) is 41.2 Å². The third-order valence-electron chi connectivity index (χ3n) is 4.66. The van der Waals surface area contributed by atoms with E-state index in [0.29, 0.717) is 16.7 Å². The van der Waals surface area contributed by atoms with Gasteiger partial charge in [0, 0.05) is 17.0 Å². The van der Waals surface area contributed by atoms with Crippen LogP contribution in [0.5, 0.6) is 11.6 Å². The van der Waals surface area contributed by atoms with E-state index in [2.05, 4.69) is 27.4 Å². The highest BCUT2D eigenvalue weighted by Gasteiger charge is 2.23. The van der Waals surface area contributed by atoms with Crippen molar-refractivity contribution >= 4 is 23.5 Å². The van der Waals surface area contributed by atoms with E-state index >= 15 is 0 Å². The number of anilines is 1. The summed E-state index contributed by atoms with van der Waals surface area (Å²) in [7, 11) is 1.66. The van der Waals surface area contributed by atoms with Gasteiger partial charge in [0.15, 0.2) is 11.9 Å². The number of hydrogen-bond donors (Lipinski definition) is 1. The van der Waals surface area contributed by atoms with E-state index in [-0.39, 0.29) is 6.23 Å². The van der Waals surface area contributed by atoms with Crippen molar-refractivity contribution < 1.29 is 9.47 Å². The van der Waals surface area contributed by atoms with Gasteiger partial charge in [0.1, 0.15) is 5.75 Å². The van der Waals surface area contributed by atoms with Gasteiger partial charge >= 0.3 is 0 Å². The second kappa shape index (κ2) is 9.63. The summed E-state index contributed by atoms with van der Waals surface area (Å²) in [5.74, 6) is 2.28. The van der Waals surface area contributed by atoms with E-state index in [1.165, 1.54) is 0 Å². The molecule has 0 saturated carbocycles. The molecule has 0 saturated heterocycles. The molecule has 1 aromatic heterocycles. The molecule has 1 atom stereocenters. The van der Waals surface area contributed by atoms with Gasteiger partial charge in [-0.3, -0.25) is 0 Å². The normalized spacial score (nSPS) is 14.9. The summed E-state index contributed by atoms with van der Waals surface area (Å²) in [5, 5.41) is 12.8. The van der Waals surface area contributed by atoms with Crippen LogP contribution in [0.3, 0.4) is 0 Å². The molecule has 0 unspecified atom stereocenters. The Bertz CT molecular complexity index is 1020. The molecule has 30 heavy (non-hydrogen) atoms. The summed E-state index contributed by atoms with van der Waals surface area (Å²) in [6.45, 7) is 2.17. The first-order chi connectivity index (χ1) is 14.8. The highest BCUT2D eigenvalue weighted by atomic mass is 32.2. The van der Waals surface area contributed by atoms with Gasteiger partial charge in [-0.15, -0.1) is 10.2 Å². The van der Waals surface area contributed by atoms with Crippen molar-refractivity contribution in [2.75, 3.05) is 18.2 Å². The number of nitrogens with zero attached hydrogens (tertiary/aromatic N) is 3. The van der Waals surface area contributed by atoms with Crippen molar-refractivity contribution in [3.63, 3.8) is 0 Å². The van der Waals surface area contributed by atoms with Crippen molar-refractivity contribution in [3.05, 3.63) is 60.2 Å². The summed E-state index contributed by atoms with van der Waals surface area (Å²) >= 11 is 1.61. The SMILES string of the molecule is CCCCSc1nnc2c(n1)O[C@@H](/C=C/c1ccc(OC)cc1)Nc1ccccc1-2. The molecule has 0 radical (unpaired) electrons. The number of nitrogens with one attached hydrogen (secondary N) is 1. The summed E-state index contributed by atoms with van der Waals surface area (Å²) in [4.78, 5) is 4.65. The first kappa shape index (κ1) is 20.2. The average Bonchev–Trinajstić information content (AvgIpc) is 2.94. The molecule has 0 amide bonds. The number of hydrogen-bond acceptors (Lipinski definition) is 7. The fourth-order valence-corrected chi connectivity index (χ4v) is 3.90. The van der Waals surface area contributed by atoms with Crippen LogP contribution in [0, 0.1) is 0 Å². The van der Waals surface area contributed by atoms with Crippen LogP contribution in [0.4, 0.5) is 5.69 Å². The fraction of sp³-hybridized carbons (Fsp3) is 0.261. The Morgan fingerprint density at radius 3 is 2.77 bits per heavy atom. The lowest BCUT2D eigenvalue weighted by Crippen LogP contribution is -2.23. The zero-order chi connectivity index (χ0) is 20.8. The molecule has 7 heteroatoms. The van der Waals surface area contributed by atoms with Gasteiger partial charge in [0.25, 0.3) is 0 Å². The van der Waals surface area contributed by atoms with E-state index in [9.17, 15) is 0 Å². The summed E-state index contributed by atoms with van der Waals surface area (Å²) in [5.41, 5.74) is 3.56. The zero-order valence-electron chi connectivity index (χ0n) is 17.0. The van der Waals surface area contributed by atoms with E-state index in [4.69, 9.17) is 9.47 Å². The van der Waals surface area contributed by atoms with Gasteiger partial charge in [0.05, 0.1) is 7.11 Å². The van der Waals surface area contributed by atoms with Crippen molar-refractivity contribution in [2.24, 2.45) is 0 Å². The molecule has 3 aromatic rings. The van der Waals surface area contributed by atoms with Crippen LogP contribution in [0.25, 0.3) is 17.3 Å². The number of benzene rings is 2. The Kier molecular flexibility index (Phi) is 6.49. The monoisotopic (exact) mass is 420 g/mol. The number of unbranched alkanes of at least 4 members (excludes halogenated alkanes) is 1. The smallest absolute Gasteiger partial charge is 0.247 e. The van der Waals surface area contributed by atoms with Gasteiger partial charge in [-0.1, -0.05) is 61.5 Å². The minimum atomic E-state index is -0.389. The van der Waals surface area contributed by atoms with Gasteiger partial charge in [-0.05, 0) is 36.3 Å². The molecule has 1 aliphatic rings. The van der Waals surface area contributed by atoms with Crippen LogP contribution in [-0.4, -0.2) is 34.3 Å². The predicted molar refractivity (Wildman–Crippen MR) is 121 cm³/mol. The third kappa shape index (κ3) is 4.74. The highest BCUT2D eigenvalue weighted by molar-refractivity contribution is 7.99. The molecule has 4 rings (SSSR count). The van der Waals surface area contributed by atoms with Crippen LogP contribution in [0.2, 0.25) is 0 Å². The average molecular weight is 421 g/mol. The molecule has 2 heterocycles. The van der Waals surface area contributed by atoms with Crippen LogP contribution < -0.4 is 14.8 Å². The number of fused-ring (bicyclic) bond motifs is 3. The molecule has 6 nitrogen and oxygen atoms in total. The molecular weight excluding hydrogens is 396 g/mol. The second-order valence-corrected chi connectivity index (χ2v) is 7.87. The largest absolute Gasteiger partial charge is 0.497 e. The maximum absolute atomic E-state index is 6.20. The first-order valence-corrected chi connectivity index (χ1v) is 11.0. The van der Waals surface area contributed by atoms with Gasteiger partial charge in [0.2, 0.25) is 11.0 Å². The Morgan fingerprint density at radius 2 is 1.97 bits per heavy atom. The standard InChI is InChI=1S/C23H24N4O2S/c1-3-4-15-30-23-25-22-21(26-27-23)18-7-5-6-8-19(18)24-20(29-22)14-11-16-9-12-17(28-2)13-10-16/h5-14,20,24H,3-4,15H2,1-2H3/b14-11+/t20-/m0/s1. The topological polar surface area (TPSA) is 69.2 Å². The lowest BCUT2D eigenvalue weighted by Gasteiger charge is -2.15. The summed E-state index contributed by atoms with van der Waals surface area (Å²) in [6.07, 6.45) is 5.84. The number of para-hydroxylation sites is 1. The number of aromatic nitrogens is 3.